The molecule has 1 atom stereocenters. The molecule has 19 heavy (non-hydrogen) atoms. The average Bonchev–Trinajstić information content (AvgIpc) is 2.85. The van der Waals surface area contributed by atoms with Crippen molar-refractivity contribution >= 4 is 5.91 Å². The first-order valence-corrected chi connectivity index (χ1v) is 7.73. The fraction of sp³-hybridized carbons (Fsp3) is 0.933. The maximum Gasteiger partial charge on any atom is 0.221 e. The molecule has 0 saturated heterocycles. The van der Waals surface area contributed by atoms with E-state index in [1.807, 2.05) is 0 Å². The summed E-state index contributed by atoms with van der Waals surface area (Å²) in [5, 5.41) is 15.9. The van der Waals surface area contributed by atoms with Crippen molar-refractivity contribution in [2.45, 2.75) is 58.5 Å². The van der Waals surface area contributed by atoms with Gasteiger partial charge in [0.05, 0.1) is 6.10 Å². The highest BCUT2D eigenvalue weighted by molar-refractivity contribution is 5.76. The smallest absolute Gasteiger partial charge is 0.221 e. The van der Waals surface area contributed by atoms with Crippen molar-refractivity contribution in [1.29, 1.82) is 0 Å². The molecular weight excluding hydrogens is 240 g/mol. The molecular formula is C15H30N2O2. The summed E-state index contributed by atoms with van der Waals surface area (Å²) in [5.74, 6) is 1.29. The van der Waals surface area contributed by atoms with Crippen LogP contribution in [0.1, 0.15) is 52.4 Å². The van der Waals surface area contributed by atoms with Gasteiger partial charge in [0.2, 0.25) is 5.91 Å². The van der Waals surface area contributed by atoms with Crippen LogP contribution in [0.3, 0.4) is 0 Å². The van der Waals surface area contributed by atoms with Crippen molar-refractivity contribution in [2.24, 2.45) is 11.8 Å². The third kappa shape index (κ3) is 8.22. The molecule has 112 valence electrons. The number of rotatable bonds is 9. The molecule has 4 heteroatoms. The number of carbonyl (C=O) groups is 1. The van der Waals surface area contributed by atoms with Crippen LogP contribution in [0.15, 0.2) is 0 Å². The molecule has 1 fully saturated rings. The van der Waals surface area contributed by atoms with E-state index in [-0.39, 0.29) is 12.0 Å². The van der Waals surface area contributed by atoms with Gasteiger partial charge >= 0.3 is 0 Å². The van der Waals surface area contributed by atoms with Crippen molar-refractivity contribution in [1.82, 2.24) is 10.6 Å². The normalized spacial score (nSPS) is 17.9. The molecule has 0 heterocycles. The summed E-state index contributed by atoms with van der Waals surface area (Å²) < 4.78 is 0. The van der Waals surface area contributed by atoms with Gasteiger partial charge in [-0.3, -0.25) is 4.79 Å². The molecule has 0 aromatic rings. The first-order chi connectivity index (χ1) is 9.08. The molecule has 0 aromatic carbocycles. The highest BCUT2D eigenvalue weighted by Gasteiger charge is 2.18. The van der Waals surface area contributed by atoms with E-state index in [0.717, 1.165) is 13.0 Å². The first kappa shape index (κ1) is 16.4. The predicted molar refractivity (Wildman–Crippen MR) is 77.9 cm³/mol. The fourth-order valence-electron chi connectivity index (χ4n) is 2.59. The third-order valence-electron chi connectivity index (χ3n) is 3.70. The lowest BCUT2D eigenvalue weighted by Crippen LogP contribution is -2.33. The number of aliphatic hydroxyl groups excluding tert-OH is 1. The van der Waals surface area contributed by atoms with Crippen molar-refractivity contribution in [2.75, 3.05) is 19.6 Å². The zero-order valence-electron chi connectivity index (χ0n) is 12.5. The van der Waals surface area contributed by atoms with Crippen LogP contribution in [0.25, 0.3) is 0 Å². The van der Waals surface area contributed by atoms with Gasteiger partial charge in [-0.2, -0.15) is 0 Å². The van der Waals surface area contributed by atoms with E-state index in [1.165, 1.54) is 25.7 Å². The van der Waals surface area contributed by atoms with Gasteiger partial charge in [-0.25, -0.2) is 0 Å². The van der Waals surface area contributed by atoms with Crippen LogP contribution in [0, 0.1) is 11.8 Å². The summed E-state index contributed by atoms with van der Waals surface area (Å²) >= 11 is 0. The van der Waals surface area contributed by atoms with E-state index in [1.54, 1.807) is 0 Å². The minimum absolute atomic E-state index is 0.0893. The quantitative estimate of drug-likeness (QED) is 0.559. The number of carbonyl (C=O) groups excluding carboxylic acids is 1. The molecule has 0 bridgehead atoms. The monoisotopic (exact) mass is 270 g/mol. The summed E-state index contributed by atoms with van der Waals surface area (Å²) in [6, 6.07) is 0. The van der Waals surface area contributed by atoms with Crippen LogP contribution in [0.5, 0.6) is 0 Å². The topological polar surface area (TPSA) is 61.4 Å². The van der Waals surface area contributed by atoms with E-state index in [9.17, 15) is 9.90 Å². The second kappa shape index (κ2) is 9.32. The van der Waals surface area contributed by atoms with E-state index in [0.29, 0.717) is 31.3 Å². The standard InChI is InChI=1S/C15H30N2O2/c1-12(2)10-17-15(19)7-8-16-11-14(18)9-13-5-3-4-6-13/h12-14,16,18H,3-11H2,1-2H3,(H,17,19). The molecule has 0 radical (unpaired) electrons. The molecule has 1 saturated carbocycles. The summed E-state index contributed by atoms with van der Waals surface area (Å²) in [7, 11) is 0. The lowest BCUT2D eigenvalue weighted by Gasteiger charge is -2.16. The molecule has 1 aliphatic carbocycles. The Morgan fingerprint density at radius 2 is 1.95 bits per heavy atom. The van der Waals surface area contributed by atoms with Gasteiger partial charge in [-0.15, -0.1) is 0 Å². The Hall–Kier alpha value is -0.610. The van der Waals surface area contributed by atoms with E-state index in [2.05, 4.69) is 24.5 Å². The van der Waals surface area contributed by atoms with Gasteiger partial charge in [0.15, 0.2) is 0 Å². The first-order valence-electron chi connectivity index (χ1n) is 7.73. The van der Waals surface area contributed by atoms with Crippen LogP contribution in [-0.2, 0) is 4.79 Å². The Morgan fingerprint density at radius 3 is 2.58 bits per heavy atom. The minimum Gasteiger partial charge on any atom is -0.392 e. The van der Waals surface area contributed by atoms with Crippen molar-refractivity contribution in [3.63, 3.8) is 0 Å². The fourth-order valence-corrected chi connectivity index (χ4v) is 2.59. The molecule has 4 nitrogen and oxygen atoms in total. The highest BCUT2D eigenvalue weighted by Crippen LogP contribution is 2.28. The van der Waals surface area contributed by atoms with Gasteiger partial charge in [-0.1, -0.05) is 39.5 Å². The summed E-state index contributed by atoms with van der Waals surface area (Å²) in [6.07, 6.45) is 6.32. The number of hydrogen-bond acceptors (Lipinski definition) is 3. The van der Waals surface area contributed by atoms with Crippen LogP contribution < -0.4 is 10.6 Å². The number of nitrogens with one attached hydrogen (secondary N) is 2. The minimum atomic E-state index is -0.262. The third-order valence-corrected chi connectivity index (χ3v) is 3.70. The van der Waals surface area contributed by atoms with Gasteiger partial charge < -0.3 is 15.7 Å². The van der Waals surface area contributed by atoms with Crippen LogP contribution >= 0.6 is 0 Å². The van der Waals surface area contributed by atoms with Gasteiger partial charge in [0.1, 0.15) is 0 Å². The molecule has 0 aromatic heterocycles. The zero-order chi connectivity index (χ0) is 14.1. The van der Waals surface area contributed by atoms with E-state index >= 15 is 0 Å². The Morgan fingerprint density at radius 1 is 1.26 bits per heavy atom. The number of amides is 1. The van der Waals surface area contributed by atoms with Gasteiger partial charge in [-0.05, 0) is 18.3 Å². The van der Waals surface area contributed by atoms with Crippen LogP contribution in [-0.4, -0.2) is 36.8 Å². The Bertz CT molecular complexity index is 251. The lowest BCUT2D eigenvalue weighted by atomic mass is 10.0. The molecule has 0 aliphatic heterocycles. The molecule has 1 unspecified atom stereocenters. The van der Waals surface area contributed by atoms with E-state index in [4.69, 9.17) is 0 Å². The Labute approximate surface area is 117 Å². The number of aliphatic hydroxyl groups is 1. The van der Waals surface area contributed by atoms with Gasteiger partial charge in [0, 0.05) is 26.1 Å². The summed E-state index contributed by atoms with van der Waals surface area (Å²) in [4.78, 5) is 11.5. The highest BCUT2D eigenvalue weighted by atomic mass is 16.3. The lowest BCUT2D eigenvalue weighted by molar-refractivity contribution is -0.121. The zero-order valence-corrected chi connectivity index (χ0v) is 12.5. The van der Waals surface area contributed by atoms with Gasteiger partial charge in [0.25, 0.3) is 0 Å². The van der Waals surface area contributed by atoms with Crippen LogP contribution in [0.2, 0.25) is 0 Å². The Kier molecular flexibility index (Phi) is 8.07. The Balaban J connectivity index is 1.95. The van der Waals surface area contributed by atoms with Crippen molar-refractivity contribution < 1.29 is 9.90 Å². The molecule has 1 rings (SSSR count). The molecule has 3 N–H and O–H groups in total. The van der Waals surface area contributed by atoms with E-state index < -0.39 is 0 Å². The van der Waals surface area contributed by atoms with Crippen molar-refractivity contribution in [3.05, 3.63) is 0 Å². The second-order valence-corrected chi connectivity index (χ2v) is 6.19. The average molecular weight is 270 g/mol. The molecule has 1 amide bonds. The van der Waals surface area contributed by atoms with Crippen LogP contribution in [0.4, 0.5) is 0 Å². The predicted octanol–water partition coefficient (Wildman–Crippen LogP) is 1.68. The summed E-state index contributed by atoms with van der Waals surface area (Å²) in [6.45, 7) is 6.15. The largest absolute Gasteiger partial charge is 0.392 e. The number of hydrogen-bond donors (Lipinski definition) is 3. The molecule has 1 aliphatic rings. The maximum absolute atomic E-state index is 11.5. The maximum atomic E-state index is 11.5. The SMILES string of the molecule is CC(C)CNC(=O)CCNCC(O)CC1CCCC1. The second-order valence-electron chi connectivity index (χ2n) is 6.19. The summed E-state index contributed by atoms with van der Waals surface area (Å²) in [5.41, 5.74) is 0. The van der Waals surface area contributed by atoms with Crippen molar-refractivity contribution in [3.8, 4) is 0 Å². The molecule has 0 spiro atoms.